The number of esters is 4. The van der Waals surface area contributed by atoms with Crippen molar-refractivity contribution in [3.8, 4) is 11.5 Å². The Morgan fingerprint density at radius 3 is 1.33 bits per heavy atom. The van der Waals surface area contributed by atoms with Crippen LogP contribution >= 0.6 is 0 Å². The average molecular weight is 898 g/mol. The van der Waals surface area contributed by atoms with Crippen LogP contribution in [0.15, 0.2) is 116 Å². The van der Waals surface area contributed by atoms with E-state index in [1.807, 2.05) is 56.3 Å². The molecule has 1 aliphatic heterocycles. The van der Waals surface area contributed by atoms with Crippen LogP contribution in [0, 0.1) is 13.8 Å². The Morgan fingerprint density at radius 1 is 0.515 bits per heavy atom. The second kappa shape index (κ2) is 23.6. The zero-order chi connectivity index (χ0) is 47.0. The van der Waals surface area contributed by atoms with E-state index in [4.69, 9.17) is 28.4 Å². The van der Waals surface area contributed by atoms with E-state index in [0.29, 0.717) is 54.3 Å². The number of carbonyl (C=O) groups is 6. The van der Waals surface area contributed by atoms with Gasteiger partial charge in [0.05, 0.1) is 44.1 Å². The number of rotatable bonds is 24. The minimum atomic E-state index is -1.73. The van der Waals surface area contributed by atoms with E-state index >= 15 is 0 Å². The van der Waals surface area contributed by atoms with Crippen LogP contribution in [0.2, 0.25) is 0 Å². The smallest absolute Gasteiger partial charge is 0.339 e. The van der Waals surface area contributed by atoms with Crippen molar-refractivity contribution in [1.29, 1.82) is 0 Å². The molecule has 1 saturated heterocycles. The summed E-state index contributed by atoms with van der Waals surface area (Å²) in [5, 5.41) is 3.04. The van der Waals surface area contributed by atoms with Crippen LogP contribution in [0.25, 0.3) is 21.5 Å². The molecule has 0 unspecified atom stereocenters. The predicted octanol–water partition coefficient (Wildman–Crippen LogP) is 9.27. The SMILES string of the molecule is C=CC(=O)OCCCCCCOc1ccc2cc(C(=O)O[C@H]3C(=O)N(Cc4cc(C)cc(C)c4)C(=O)[C@@H]3OC(=O)c3ccc4cc(OCCCCCCOC(=O)C=C)ccc4c3)ccc2c1. The molecule has 66 heavy (non-hydrogen) atoms. The summed E-state index contributed by atoms with van der Waals surface area (Å²) in [7, 11) is 0. The Kier molecular flexibility index (Phi) is 17.2. The van der Waals surface area contributed by atoms with Crippen molar-refractivity contribution in [3.63, 3.8) is 0 Å². The molecule has 1 heterocycles. The number of aryl methyl sites for hydroxylation is 2. The molecule has 0 aliphatic carbocycles. The predicted molar refractivity (Wildman–Crippen MR) is 248 cm³/mol. The van der Waals surface area contributed by atoms with Crippen LogP contribution in [0.5, 0.6) is 11.5 Å². The number of benzene rings is 5. The van der Waals surface area contributed by atoms with Crippen molar-refractivity contribution in [1.82, 2.24) is 4.90 Å². The van der Waals surface area contributed by atoms with Gasteiger partial charge in [-0.1, -0.05) is 66.7 Å². The number of amides is 2. The molecule has 13 heteroatoms. The van der Waals surface area contributed by atoms with Crippen molar-refractivity contribution in [2.24, 2.45) is 0 Å². The Morgan fingerprint density at radius 2 is 0.909 bits per heavy atom. The van der Waals surface area contributed by atoms with Crippen LogP contribution in [0.1, 0.15) is 88.8 Å². The van der Waals surface area contributed by atoms with Gasteiger partial charge in [-0.3, -0.25) is 14.5 Å². The molecule has 0 radical (unpaired) electrons. The molecule has 5 aromatic carbocycles. The van der Waals surface area contributed by atoms with E-state index in [-0.39, 0.29) is 17.7 Å². The summed E-state index contributed by atoms with van der Waals surface area (Å²) in [6, 6.07) is 26.5. The lowest BCUT2D eigenvalue weighted by Gasteiger charge is -2.17. The third kappa shape index (κ3) is 13.4. The van der Waals surface area contributed by atoms with Gasteiger partial charge in [0.2, 0.25) is 12.2 Å². The standard InChI is InChI=1S/C53H55NO12/c1-5-46(55)63-25-13-9-7-11-23-61-44-21-19-38-30-42(17-15-40(38)32-44)52(59)65-48-49(51(58)54(50(48)57)34-37-28-35(3)27-36(4)29-37)66-53(60)43-18-16-41-33-45(22-20-39(41)31-43)62-24-12-8-10-14-26-64-47(56)6-2/h5-6,15-22,27-33,48-49H,1-2,7-14,23-26,34H2,3-4H3/t48-,49-/m1/s1. The van der Waals surface area contributed by atoms with Crippen molar-refractivity contribution < 1.29 is 57.2 Å². The highest BCUT2D eigenvalue weighted by molar-refractivity contribution is 6.10. The molecule has 1 aliphatic rings. The fraction of sp³-hybridized carbons (Fsp3) is 0.321. The second-order valence-electron chi connectivity index (χ2n) is 16.1. The van der Waals surface area contributed by atoms with Gasteiger partial charge in [-0.15, -0.1) is 0 Å². The number of imide groups is 1. The van der Waals surface area contributed by atoms with E-state index in [2.05, 4.69) is 13.2 Å². The minimum absolute atomic E-state index is 0.108. The van der Waals surface area contributed by atoms with Crippen molar-refractivity contribution >= 4 is 57.2 Å². The first-order valence-corrected chi connectivity index (χ1v) is 22.2. The molecule has 0 N–H and O–H groups in total. The van der Waals surface area contributed by atoms with Crippen LogP contribution in [-0.2, 0) is 44.7 Å². The number of ether oxygens (including phenoxy) is 6. The molecule has 2 atom stereocenters. The Bertz CT molecular complexity index is 2430. The molecule has 2 amide bonds. The molecule has 0 saturated carbocycles. The highest BCUT2D eigenvalue weighted by Gasteiger charge is 2.53. The summed E-state index contributed by atoms with van der Waals surface area (Å²) in [4.78, 5) is 78.8. The van der Waals surface area contributed by atoms with Crippen molar-refractivity contribution in [3.05, 3.63) is 144 Å². The zero-order valence-corrected chi connectivity index (χ0v) is 37.4. The maximum atomic E-state index is 14.0. The monoisotopic (exact) mass is 897 g/mol. The summed E-state index contributed by atoms with van der Waals surface area (Å²) in [5.74, 6) is -2.87. The lowest BCUT2D eigenvalue weighted by molar-refractivity contribution is -0.142. The van der Waals surface area contributed by atoms with Crippen LogP contribution in [-0.4, -0.2) is 79.2 Å². The van der Waals surface area contributed by atoms with Gasteiger partial charge in [-0.25, -0.2) is 19.2 Å². The topological polar surface area (TPSA) is 161 Å². The molecule has 6 rings (SSSR count). The maximum absolute atomic E-state index is 14.0. The van der Waals surface area contributed by atoms with Gasteiger partial charge in [-0.2, -0.15) is 0 Å². The number of unbranched alkanes of at least 4 members (excludes halogenated alkanes) is 6. The fourth-order valence-corrected chi connectivity index (χ4v) is 7.60. The summed E-state index contributed by atoms with van der Waals surface area (Å²) in [6.45, 7) is 12.2. The molecule has 5 aromatic rings. The minimum Gasteiger partial charge on any atom is -0.494 e. The third-order valence-electron chi connectivity index (χ3n) is 10.9. The molecular weight excluding hydrogens is 843 g/mol. The fourth-order valence-electron chi connectivity index (χ4n) is 7.60. The molecule has 0 bridgehead atoms. The van der Waals surface area contributed by atoms with Gasteiger partial charge in [0.1, 0.15) is 11.5 Å². The van der Waals surface area contributed by atoms with Gasteiger partial charge in [0, 0.05) is 12.2 Å². The summed E-state index contributed by atoms with van der Waals surface area (Å²) >= 11 is 0. The second-order valence-corrected chi connectivity index (χ2v) is 16.1. The van der Waals surface area contributed by atoms with E-state index in [0.717, 1.165) is 90.3 Å². The van der Waals surface area contributed by atoms with E-state index < -0.39 is 47.9 Å². The van der Waals surface area contributed by atoms with E-state index in [9.17, 15) is 28.8 Å². The van der Waals surface area contributed by atoms with Gasteiger partial charge >= 0.3 is 23.9 Å². The Balaban J connectivity index is 1.09. The number of likely N-dealkylation sites (tertiary alicyclic amines) is 1. The maximum Gasteiger partial charge on any atom is 0.339 e. The van der Waals surface area contributed by atoms with Gasteiger partial charge in [-0.05, 0) is 141 Å². The largest absolute Gasteiger partial charge is 0.494 e. The zero-order valence-electron chi connectivity index (χ0n) is 37.4. The first kappa shape index (κ1) is 48.2. The lowest BCUT2D eigenvalue weighted by atomic mass is 10.1. The molecule has 0 spiro atoms. The Labute approximate surface area is 384 Å². The molecule has 344 valence electrons. The number of nitrogens with zero attached hydrogens (tertiary/aromatic N) is 1. The molecule has 0 aromatic heterocycles. The first-order valence-electron chi connectivity index (χ1n) is 22.2. The third-order valence-corrected chi connectivity index (χ3v) is 10.9. The molecule has 13 nitrogen and oxygen atoms in total. The highest BCUT2D eigenvalue weighted by Crippen LogP contribution is 2.29. The van der Waals surface area contributed by atoms with Crippen molar-refractivity contribution in [2.45, 2.75) is 84.0 Å². The van der Waals surface area contributed by atoms with Crippen LogP contribution in [0.3, 0.4) is 0 Å². The van der Waals surface area contributed by atoms with E-state index in [1.165, 1.54) is 0 Å². The highest BCUT2D eigenvalue weighted by atomic mass is 16.6. The average Bonchev–Trinajstić information content (AvgIpc) is 3.52. The van der Waals surface area contributed by atoms with Crippen LogP contribution < -0.4 is 9.47 Å². The number of hydrogen-bond acceptors (Lipinski definition) is 12. The molecular formula is C53H55NO12. The lowest BCUT2D eigenvalue weighted by Crippen LogP contribution is -2.37. The van der Waals surface area contributed by atoms with Gasteiger partial charge in [0.15, 0.2) is 0 Å². The quantitative estimate of drug-likeness (QED) is 0.0190. The van der Waals surface area contributed by atoms with Gasteiger partial charge < -0.3 is 28.4 Å². The normalized spacial score (nSPS) is 14.5. The first-order chi connectivity index (χ1) is 31.9. The van der Waals surface area contributed by atoms with E-state index in [1.54, 1.807) is 48.5 Å². The Hall–Kier alpha value is -7.28. The van der Waals surface area contributed by atoms with Crippen LogP contribution in [0.4, 0.5) is 0 Å². The summed E-state index contributed by atoms with van der Waals surface area (Å²) in [6.07, 6.45) is 5.60. The number of hydrogen-bond donors (Lipinski definition) is 0. The molecule has 1 fully saturated rings. The number of fused-ring (bicyclic) bond motifs is 2. The summed E-state index contributed by atoms with van der Waals surface area (Å²) in [5.41, 5.74) is 2.84. The van der Waals surface area contributed by atoms with Crippen molar-refractivity contribution in [2.75, 3.05) is 26.4 Å². The van der Waals surface area contributed by atoms with Gasteiger partial charge in [0.25, 0.3) is 11.8 Å². The summed E-state index contributed by atoms with van der Waals surface area (Å²) < 4.78 is 33.4. The number of carbonyl (C=O) groups excluding carboxylic acids is 6.